The summed E-state index contributed by atoms with van der Waals surface area (Å²) in [5.41, 5.74) is 1.97. The molecule has 0 aliphatic rings. The van der Waals surface area contributed by atoms with Crippen LogP contribution in [0.5, 0.6) is 0 Å². The lowest BCUT2D eigenvalue weighted by Gasteiger charge is -2.19. The number of halogens is 2. The van der Waals surface area contributed by atoms with Crippen LogP contribution in [0, 0.1) is 5.95 Å². The molecule has 0 radical (unpaired) electrons. The maximum atomic E-state index is 13.0. The average Bonchev–Trinajstić information content (AvgIpc) is 2.32. The van der Waals surface area contributed by atoms with Crippen LogP contribution in [0.15, 0.2) is 47.1 Å². The second-order valence-corrected chi connectivity index (χ2v) is 4.64. The summed E-state index contributed by atoms with van der Waals surface area (Å²) in [6, 6.07) is 11.2. The van der Waals surface area contributed by atoms with E-state index in [0.29, 0.717) is 6.54 Å². The monoisotopic (exact) mass is 294 g/mol. The Hall–Kier alpha value is -1.42. The van der Waals surface area contributed by atoms with Crippen LogP contribution in [0.2, 0.25) is 0 Å². The minimum atomic E-state index is -0.457. The molecule has 1 aromatic carbocycles. The molecular formula is C13H12BrFN2. The summed E-state index contributed by atoms with van der Waals surface area (Å²) in [4.78, 5) is 5.52. The summed E-state index contributed by atoms with van der Waals surface area (Å²) >= 11 is 3.50. The van der Waals surface area contributed by atoms with Crippen LogP contribution in [0.4, 0.5) is 10.1 Å². The molecule has 0 amide bonds. The second kappa shape index (κ2) is 5.27. The summed E-state index contributed by atoms with van der Waals surface area (Å²) in [6.07, 6.45) is 1.47. The first kappa shape index (κ1) is 12.0. The van der Waals surface area contributed by atoms with Gasteiger partial charge in [-0.2, -0.15) is 4.39 Å². The molecule has 1 aromatic heterocycles. The fraction of sp³-hybridized carbons (Fsp3) is 0.154. The number of anilines is 1. The first-order chi connectivity index (χ1) is 8.16. The number of hydrogen-bond donors (Lipinski definition) is 0. The number of aromatic nitrogens is 1. The van der Waals surface area contributed by atoms with Gasteiger partial charge in [0.1, 0.15) is 0 Å². The molecule has 0 N–H and O–H groups in total. The molecular weight excluding hydrogens is 283 g/mol. The maximum absolute atomic E-state index is 13.0. The third-order valence-corrected chi connectivity index (χ3v) is 3.29. The van der Waals surface area contributed by atoms with Gasteiger partial charge in [0, 0.05) is 36.0 Å². The quantitative estimate of drug-likeness (QED) is 0.804. The average molecular weight is 295 g/mol. The van der Waals surface area contributed by atoms with Gasteiger partial charge < -0.3 is 4.90 Å². The molecule has 2 rings (SSSR count). The van der Waals surface area contributed by atoms with Crippen molar-refractivity contribution in [3.63, 3.8) is 0 Å². The number of benzene rings is 1. The van der Waals surface area contributed by atoms with E-state index in [0.717, 1.165) is 15.7 Å². The molecule has 0 unspecified atom stereocenters. The van der Waals surface area contributed by atoms with Crippen LogP contribution in [0.3, 0.4) is 0 Å². The van der Waals surface area contributed by atoms with E-state index in [2.05, 4.69) is 20.9 Å². The Morgan fingerprint density at radius 1 is 1.29 bits per heavy atom. The number of pyridine rings is 1. The lowest BCUT2D eigenvalue weighted by molar-refractivity contribution is 0.583. The van der Waals surface area contributed by atoms with Gasteiger partial charge in [-0.25, -0.2) is 4.98 Å². The molecule has 0 fully saturated rings. The van der Waals surface area contributed by atoms with E-state index in [1.54, 1.807) is 6.07 Å². The van der Waals surface area contributed by atoms with Gasteiger partial charge in [-0.3, -0.25) is 0 Å². The highest BCUT2D eigenvalue weighted by molar-refractivity contribution is 9.10. The Morgan fingerprint density at radius 2 is 2.06 bits per heavy atom. The first-order valence-electron chi connectivity index (χ1n) is 5.23. The van der Waals surface area contributed by atoms with E-state index < -0.39 is 5.95 Å². The van der Waals surface area contributed by atoms with Gasteiger partial charge in [0.15, 0.2) is 0 Å². The van der Waals surface area contributed by atoms with Crippen LogP contribution in [-0.4, -0.2) is 12.0 Å². The molecule has 0 saturated carbocycles. The smallest absolute Gasteiger partial charge is 0.214 e. The maximum Gasteiger partial charge on any atom is 0.214 e. The fourth-order valence-electron chi connectivity index (χ4n) is 1.60. The van der Waals surface area contributed by atoms with Crippen molar-refractivity contribution in [1.82, 2.24) is 4.98 Å². The van der Waals surface area contributed by atoms with Gasteiger partial charge in [0.05, 0.1) is 0 Å². The van der Waals surface area contributed by atoms with Crippen LogP contribution < -0.4 is 4.90 Å². The molecule has 0 atom stereocenters. The highest BCUT2D eigenvalue weighted by Gasteiger charge is 2.05. The van der Waals surface area contributed by atoms with Crippen LogP contribution in [-0.2, 0) is 6.54 Å². The topological polar surface area (TPSA) is 16.1 Å². The van der Waals surface area contributed by atoms with Crippen molar-refractivity contribution < 1.29 is 4.39 Å². The molecule has 17 heavy (non-hydrogen) atoms. The van der Waals surface area contributed by atoms with E-state index in [1.165, 1.54) is 12.3 Å². The van der Waals surface area contributed by atoms with Gasteiger partial charge in [0.2, 0.25) is 5.95 Å². The SMILES string of the molecule is CN(Cc1ccccc1Br)c1ccnc(F)c1. The van der Waals surface area contributed by atoms with Crippen molar-refractivity contribution in [2.75, 3.05) is 11.9 Å². The second-order valence-electron chi connectivity index (χ2n) is 3.78. The third kappa shape index (κ3) is 3.03. The standard InChI is InChI=1S/C13H12BrFN2/c1-17(11-6-7-16-13(15)8-11)9-10-4-2-3-5-12(10)14/h2-8H,9H2,1H3. The lowest BCUT2D eigenvalue weighted by atomic mass is 10.2. The zero-order valence-corrected chi connectivity index (χ0v) is 11.0. The van der Waals surface area contributed by atoms with Gasteiger partial charge in [0.25, 0.3) is 0 Å². The molecule has 2 nitrogen and oxygen atoms in total. The van der Waals surface area contributed by atoms with Crippen molar-refractivity contribution in [2.45, 2.75) is 6.54 Å². The minimum absolute atomic E-state index is 0.457. The molecule has 88 valence electrons. The summed E-state index contributed by atoms with van der Waals surface area (Å²) in [6.45, 7) is 0.713. The van der Waals surface area contributed by atoms with Gasteiger partial charge in [-0.1, -0.05) is 34.1 Å². The third-order valence-electron chi connectivity index (χ3n) is 2.52. The van der Waals surface area contributed by atoms with Gasteiger partial charge >= 0.3 is 0 Å². The normalized spacial score (nSPS) is 10.3. The minimum Gasteiger partial charge on any atom is -0.370 e. The van der Waals surface area contributed by atoms with Crippen molar-refractivity contribution in [3.05, 3.63) is 58.6 Å². The zero-order valence-electron chi connectivity index (χ0n) is 9.40. The molecule has 4 heteroatoms. The molecule has 2 aromatic rings. The summed E-state index contributed by atoms with van der Waals surface area (Å²) in [5.74, 6) is -0.457. The largest absolute Gasteiger partial charge is 0.370 e. The molecule has 0 spiro atoms. The first-order valence-corrected chi connectivity index (χ1v) is 6.02. The van der Waals surface area contributed by atoms with E-state index >= 15 is 0 Å². The lowest BCUT2D eigenvalue weighted by Crippen LogP contribution is -2.16. The molecule has 0 aliphatic heterocycles. The summed E-state index contributed by atoms with van der Waals surface area (Å²) in [5, 5.41) is 0. The Kier molecular flexibility index (Phi) is 3.74. The van der Waals surface area contributed by atoms with Crippen molar-refractivity contribution in [3.8, 4) is 0 Å². The Labute approximate surface area is 108 Å². The van der Waals surface area contributed by atoms with Crippen LogP contribution in [0.1, 0.15) is 5.56 Å². The van der Waals surface area contributed by atoms with E-state index in [1.807, 2.05) is 36.2 Å². The van der Waals surface area contributed by atoms with Crippen molar-refractivity contribution >= 4 is 21.6 Å². The predicted molar refractivity (Wildman–Crippen MR) is 70.4 cm³/mol. The predicted octanol–water partition coefficient (Wildman–Crippen LogP) is 3.62. The van der Waals surface area contributed by atoms with E-state index in [-0.39, 0.29) is 0 Å². The van der Waals surface area contributed by atoms with E-state index in [9.17, 15) is 4.39 Å². The zero-order chi connectivity index (χ0) is 12.3. The highest BCUT2D eigenvalue weighted by Crippen LogP contribution is 2.20. The van der Waals surface area contributed by atoms with E-state index in [4.69, 9.17) is 0 Å². The summed E-state index contributed by atoms with van der Waals surface area (Å²) in [7, 11) is 1.92. The number of nitrogens with zero attached hydrogens (tertiary/aromatic N) is 2. The fourth-order valence-corrected chi connectivity index (χ4v) is 2.01. The van der Waals surface area contributed by atoms with Crippen molar-refractivity contribution in [2.24, 2.45) is 0 Å². The van der Waals surface area contributed by atoms with Gasteiger partial charge in [-0.15, -0.1) is 0 Å². The Balaban J connectivity index is 2.17. The molecule has 0 aliphatic carbocycles. The van der Waals surface area contributed by atoms with Crippen LogP contribution in [0.25, 0.3) is 0 Å². The Bertz CT molecular complexity index is 516. The number of rotatable bonds is 3. The number of hydrogen-bond acceptors (Lipinski definition) is 2. The van der Waals surface area contributed by atoms with Gasteiger partial charge in [-0.05, 0) is 17.7 Å². The van der Waals surface area contributed by atoms with Crippen molar-refractivity contribution in [1.29, 1.82) is 0 Å². The molecule has 0 saturated heterocycles. The molecule has 0 bridgehead atoms. The molecule has 1 heterocycles. The summed E-state index contributed by atoms with van der Waals surface area (Å²) < 4.78 is 14.1. The van der Waals surface area contributed by atoms with Crippen LogP contribution >= 0.6 is 15.9 Å². The highest BCUT2D eigenvalue weighted by atomic mass is 79.9. The Morgan fingerprint density at radius 3 is 2.76 bits per heavy atom.